The van der Waals surface area contributed by atoms with Gasteiger partial charge in [0.15, 0.2) is 0 Å². The van der Waals surface area contributed by atoms with E-state index in [1.165, 1.54) is 6.08 Å². The van der Waals surface area contributed by atoms with Crippen LogP contribution in [0.3, 0.4) is 0 Å². The molecule has 0 radical (unpaired) electrons. The molecule has 78 valence electrons. The Morgan fingerprint density at radius 2 is 2.36 bits per heavy atom. The van der Waals surface area contributed by atoms with Gasteiger partial charge in [0.05, 0.1) is 0 Å². The van der Waals surface area contributed by atoms with Crippen LogP contribution in [-0.4, -0.2) is 31.4 Å². The van der Waals surface area contributed by atoms with Crippen LogP contribution in [0.25, 0.3) is 0 Å². The van der Waals surface area contributed by atoms with Crippen molar-refractivity contribution in [2.24, 2.45) is 0 Å². The van der Waals surface area contributed by atoms with Crippen molar-refractivity contribution < 1.29 is 23.8 Å². The Bertz CT molecular complexity index is 271. The Kier molecular flexibility index (Phi) is 4.03. The van der Waals surface area contributed by atoms with Gasteiger partial charge < -0.3 is 14.2 Å². The molecule has 0 aromatic carbocycles. The number of hydrogen-bond donors (Lipinski definition) is 0. The van der Waals surface area contributed by atoms with Crippen molar-refractivity contribution in [2.75, 3.05) is 13.2 Å². The lowest BCUT2D eigenvalue weighted by atomic mass is 10.4. The molecule has 14 heavy (non-hydrogen) atoms. The minimum absolute atomic E-state index is 0.00235. The van der Waals surface area contributed by atoms with Gasteiger partial charge in [-0.3, -0.25) is 0 Å². The van der Waals surface area contributed by atoms with E-state index in [1.54, 1.807) is 0 Å². The molecular weight excluding hydrogens is 235 g/mol. The average Bonchev–Trinajstić information content (AvgIpc) is 2.51. The number of ether oxygens (including phenoxy) is 3. The van der Waals surface area contributed by atoms with Gasteiger partial charge in [0.1, 0.15) is 17.7 Å². The third kappa shape index (κ3) is 3.43. The van der Waals surface area contributed by atoms with Crippen LogP contribution in [0.4, 0.5) is 4.79 Å². The zero-order valence-corrected chi connectivity index (χ0v) is 8.38. The number of cyclic esters (lactones) is 2. The van der Waals surface area contributed by atoms with E-state index < -0.39 is 18.2 Å². The third-order valence-corrected chi connectivity index (χ3v) is 1.63. The fourth-order valence-electron chi connectivity index (χ4n) is 0.724. The number of rotatable bonds is 3. The van der Waals surface area contributed by atoms with Crippen LogP contribution in [0.15, 0.2) is 10.6 Å². The fraction of sp³-hybridized carbons (Fsp3) is 0.429. The minimum atomic E-state index is -0.995. The molecule has 1 atom stereocenters. The summed E-state index contributed by atoms with van der Waals surface area (Å²) in [6.07, 6.45) is -0.582. The van der Waals surface area contributed by atoms with Crippen LogP contribution < -0.4 is 0 Å². The van der Waals surface area contributed by atoms with Crippen LogP contribution in [0, 0.1) is 0 Å². The molecule has 7 heteroatoms. The molecule has 0 spiro atoms. The quantitative estimate of drug-likeness (QED) is 0.698. The standard InChI is InChI=1S/C7H6Cl2O5/c8-5(9)1-2-12-6(10)4-3-13-7(11)14-4/h1,4H,2-3H2. The van der Waals surface area contributed by atoms with Gasteiger partial charge in [-0.25, -0.2) is 9.59 Å². The van der Waals surface area contributed by atoms with E-state index in [4.69, 9.17) is 23.2 Å². The van der Waals surface area contributed by atoms with Crippen LogP contribution in [0.5, 0.6) is 0 Å². The van der Waals surface area contributed by atoms with Crippen molar-refractivity contribution in [3.8, 4) is 0 Å². The lowest BCUT2D eigenvalue weighted by molar-refractivity contribution is -0.150. The molecule has 0 bridgehead atoms. The molecule has 1 rings (SSSR count). The summed E-state index contributed by atoms with van der Waals surface area (Å²) in [7, 11) is 0. The van der Waals surface area contributed by atoms with Gasteiger partial charge in [-0.2, -0.15) is 0 Å². The molecule has 1 aliphatic rings. The zero-order chi connectivity index (χ0) is 10.6. The van der Waals surface area contributed by atoms with E-state index in [0.717, 1.165) is 0 Å². The molecule has 0 aromatic heterocycles. The second-order valence-corrected chi connectivity index (χ2v) is 3.30. The van der Waals surface area contributed by atoms with Crippen LogP contribution in [0.2, 0.25) is 0 Å². The molecule has 0 saturated carbocycles. The molecule has 1 fully saturated rings. The van der Waals surface area contributed by atoms with Crippen molar-refractivity contribution in [1.29, 1.82) is 0 Å². The number of carbonyl (C=O) groups is 2. The van der Waals surface area contributed by atoms with Gasteiger partial charge in [0.2, 0.25) is 6.10 Å². The summed E-state index contributed by atoms with van der Waals surface area (Å²) >= 11 is 10.5. The largest absolute Gasteiger partial charge is 0.509 e. The molecule has 5 nitrogen and oxygen atoms in total. The highest BCUT2D eigenvalue weighted by Crippen LogP contribution is 2.09. The number of hydrogen-bond acceptors (Lipinski definition) is 5. The van der Waals surface area contributed by atoms with Gasteiger partial charge in [-0.05, 0) is 6.08 Å². The van der Waals surface area contributed by atoms with Gasteiger partial charge in [-0.15, -0.1) is 0 Å². The normalized spacial score (nSPS) is 19.6. The van der Waals surface area contributed by atoms with E-state index >= 15 is 0 Å². The Balaban J connectivity index is 2.29. The molecule has 0 aliphatic carbocycles. The topological polar surface area (TPSA) is 61.8 Å². The van der Waals surface area contributed by atoms with Crippen molar-refractivity contribution in [1.82, 2.24) is 0 Å². The van der Waals surface area contributed by atoms with Gasteiger partial charge in [0.25, 0.3) is 0 Å². The number of esters is 1. The zero-order valence-electron chi connectivity index (χ0n) is 6.87. The van der Waals surface area contributed by atoms with E-state index in [-0.39, 0.29) is 17.7 Å². The highest BCUT2D eigenvalue weighted by atomic mass is 35.5. The van der Waals surface area contributed by atoms with Crippen LogP contribution in [0.1, 0.15) is 0 Å². The molecule has 0 amide bonds. The lowest BCUT2D eigenvalue weighted by Crippen LogP contribution is -2.25. The second-order valence-electron chi connectivity index (χ2n) is 2.29. The highest BCUT2D eigenvalue weighted by molar-refractivity contribution is 6.55. The van der Waals surface area contributed by atoms with Crippen LogP contribution in [-0.2, 0) is 19.0 Å². The SMILES string of the molecule is O=C1OCC(C(=O)OCC=C(Cl)Cl)O1. The molecule has 1 unspecified atom stereocenters. The van der Waals surface area contributed by atoms with E-state index in [9.17, 15) is 9.59 Å². The van der Waals surface area contributed by atoms with Crippen LogP contribution >= 0.6 is 23.2 Å². The van der Waals surface area contributed by atoms with Crippen molar-refractivity contribution in [3.05, 3.63) is 10.6 Å². The number of carbonyl (C=O) groups excluding carboxylic acids is 2. The van der Waals surface area contributed by atoms with Crippen molar-refractivity contribution >= 4 is 35.3 Å². The Morgan fingerprint density at radius 1 is 1.64 bits per heavy atom. The summed E-state index contributed by atoms with van der Waals surface area (Å²) in [6, 6.07) is 0. The molecule has 1 saturated heterocycles. The first-order valence-electron chi connectivity index (χ1n) is 3.61. The Hall–Kier alpha value is -0.940. The summed E-state index contributed by atoms with van der Waals surface area (Å²) in [5, 5.41) is 0. The molecule has 1 aliphatic heterocycles. The first kappa shape index (κ1) is 11.1. The Morgan fingerprint density at radius 3 is 2.86 bits per heavy atom. The smallest absolute Gasteiger partial charge is 0.459 e. The van der Waals surface area contributed by atoms with Crippen molar-refractivity contribution in [3.63, 3.8) is 0 Å². The summed E-state index contributed by atoms with van der Waals surface area (Å²) < 4.78 is 13.5. The monoisotopic (exact) mass is 240 g/mol. The first-order chi connectivity index (χ1) is 6.59. The second kappa shape index (κ2) is 5.07. The maximum atomic E-state index is 11.1. The third-order valence-electron chi connectivity index (χ3n) is 1.32. The average molecular weight is 241 g/mol. The van der Waals surface area contributed by atoms with Gasteiger partial charge in [0, 0.05) is 0 Å². The molecule has 0 aromatic rings. The summed E-state index contributed by atoms with van der Waals surface area (Å²) in [4.78, 5) is 21.5. The lowest BCUT2D eigenvalue weighted by Gasteiger charge is -2.04. The van der Waals surface area contributed by atoms with Crippen molar-refractivity contribution in [2.45, 2.75) is 6.10 Å². The predicted molar refractivity (Wildman–Crippen MR) is 47.0 cm³/mol. The van der Waals surface area contributed by atoms with E-state index in [0.29, 0.717) is 0 Å². The minimum Gasteiger partial charge on any atom is -0.459 e. The van der Waals surface area contributed by atoms with Gasteiger partial charge >= 0.3 is 12.1 Å². The summed E-state index contributed by atoms with van der Waals surface area (Å²) in [5.74, 6) is -0.693. The first-order valence-corrected chi connectivity index (χ1v) is 4.36. The highest BCUT2D eigenvalue weighted by Gasteiger charge is 2.32. The summed E-state index contributed by atoms with van der Waals surface area (Å²) in [6.45, 7) is -0.203. The van der Waals surface area contributed by atoms with E-state index in [1.807, 2.05) is 0 Å². The maximum Gasteiger partial charge on any atom is 0.509 e. The van der Waals surface area contributed by atoms with E-state index in [2.05, 4.69) is 14.2 Å². The van der Waals surface area contributed by atoms with Gasteiger partial charge in [-0.1, -0.05) is 23.2 Å². The predicted octanol–water partition coefficient (Wildman–Crippen LogP) is 1.38. The fourth-order valence-corrected chi connectivity index (χ4v) is 0.850. The molecule has 0 N–H and O–H groups in total. The molecular formula is C7H6Cl2O5. The summed E-state index contributed by atoms with van der Waals surface area (Å²) in [5.41, 5.74) is 0. The molecule has 1 heterocycles. The maximum absolute atomic E-state index is 11.1. The Labute approximate surface area is 89.5 Å². The number of halogens is 2.